The van der Waals surface area contributed by atoms with Gasteiger partial charge in [-0.15, -0.1) is 10.2 Å². The van der Waals surface area contributed by atoms with Gasteiger partial charge in [-0.05, 0) is 37.1 Å². The zero-order valence-electron chi connectivity index (χ0n) is 16.3. The highest BCUT2D eigenvalue weighted by molar-refractivity contribution is 7.99. The standard InChI is InChI=1S/C21H22N4O3S/c1-3-25-20(16-7-5-4-6-14(16)2)23-24-21(25)29-12-19(26)22-11-15-8-9-17-18(10-15)28-13-27-17/h4-10H,3,11-13H2,1-2H3,(H,22,26). The van der Waals surface area contributed by atoms with Gasteiger partial charge in [0.1, 0.15) is 0 Å². The number of ether oxygens (including phenoxy) is 2. The Labute approximate surface area is 173 Å². The predicted octanol–water partition coefficient (Wildman–Crippen LogP) is 3.41. The van der Waals surface area contributed by atoms with E-state index in [4.69, 9.17) is 9.47 Å². The van der Waals surface area contributed by atoms with Crippen LogP contribution in [0.5, 0.6) is 11.5 Å². The quantitative estimate of drug-likeness (QED) is 0.602. The number of carbonyl (C=O) groups is 1. The molecule has 3 aromatic rings. The highest BCUT2D eigenvalue weighted by atomic mass is 32.2. The van der Waals surface area contributed by atoms with E-state index in [1.165, 1.54) is 11.8 Å². The van der Waals surface area contributed by atoms with E-state index in [2.05, 4.69) is 35.4 Å². The fourth-order valence-electron chi connectivity index (χ4n) is 3.14. The molecule has 2 aromatic carbocycles. The van der Waals surface area contributed by atoms with E-state index in [1.54, 1.807) is 0 Å². The van der Waals surface area contributed by atoms with Crippen molar-refractivity contribution < 1.29 is 14.3 Å². The van der Waals surface area contributed by atoms with Gasteiger partial charge in [0.25, 0.3) is 0 Å². The third-order valence-corrected chi connectivity index (χ3v) is 5.64. The van der Waals surface area contributed by atoms with Crippen molar-refractivity contribution >= 4 is 17.7 Å². The van der Waals surface area contributed by atoms with E-state index < -0.39 is 0 Å². The summed E-state index contributed by atoms with van der Waals surface area (Å²) in [5, 5.41) is 12.3. The molecule has 0 atom stereocenters. The molecule has 150 valence electrons. The van der Waals surface area contributed by atoms with Crippen molar-refractivity contribution in [3.63, 3.8) is 0 Å². The second-order valence-corrected chi connectivity index (χ2v) is 7.56. The van der Waals surface area contributed by atoms with Gasteiger partial charge in [-0.1, -0.05) is 42.1 Å². The third kappa shape index (κ3) is 4.22. The maximum Gasteiger partial charge on any atom is 0.231 e. The molecule has 0 bridgehead atoms. The Kier molecular flexibility index (Phi) is 5.71. The van der Waals surface area contributed by atoms with E-state index >= 15 is 0 Å². The first-order valence-corrected chi connectivity index (χ1v) is 10.4. The van der Waals surface area contributed by atoms with Gasteiger partial charge in [-0.2, -0.15) is 0 Å². The number of benzene rings is 2. The Morgan fingerprint density at radius 2 is 2.00 bits per heavy atom. The second-order valence-electron chi connectivity index (χ2n) is 6.62. The molecular formula is C21H22N4O3S. The van der Waals surface area contributed by atoms with Crippen LogP contribution in [-0.4, -0.2) is 33.2 Å². The maximum absolute atomic E-state index is 12.3. The van der Waals surface area contributed by atoms with Crippen molar-refractivity contribution in [2.75, 3.05) is 12.5 Å². The molecule has 1 aliphatic rings. The van der Waals surface area contributed by atoms with Gasteiger partial charge in [-0.25, -0.2) is 0 Å². The smallest absolute Gasteiger partial charge is 0.231 e. The van der Waals surface area contributed by atoms with Crippen molar-refractivity contribution in [1.29, 1.82) is 0 Å². The number of aromatic nitrogens is 3. The number of amides is 1. The van der Waals surface area contributed by atoms with Crippen molar-refractivity contribution in [3.8, 4) is 22.9 Å². The molecule has 0 spiro atoms. The lowest BCUT2D eigenvalue weighted by molar-refractivity contribution is -0.118. The fourth-order valence-corrected chi connectivity index (χ4v) is 3.97. The Hall–Kier alpha value is -3.00. The van der Waals surface area contributed by atoms with Crippen LogP contribution >= 0.6 is 11.8 Å². The number of hydrogen-bond acceptors (Lipinski definition) is 6. The summed E-state index contributed by atoms with van der Waals surface area (Å²) in [7, 11) is 0. The molecule has 0 saturated heterocycles. The minimum atomic E-state index is -0.0595. The van der Waals surface area contributed by atoms with Crippen LogP contribution in [0, 0.1) is 6.92 Å². The normalized spacial score (nSPS) is 12.2. The van der Waals surface area contributed by atoms with Gasteiger partial charge < -0.3 is 19.4 Å². The molecule has 1 amide bonds. The number of thioether (sulfide) groups is 1. The molecule has 2 heterocycles. The molecule has 0 saturated carbocycles. The summed E-state index contributed by atoms with van der Waals surface area (Å²) in [6.07, 6.45) is 0. The summed E-state index contributed by atoms with van der Waals surface area (Å²) >= 11 is 1.39. The van der Waals surface area contributed by atoms with Gasteiger partial charge in [0.15, 0.2) is 22.5 Å². The van der Waals surface area contributed by atoms with Crippen molar-refractivity contribution in [3.05, 3.63) is 53.6 Å². The lowest BCUT2D eigenvalue weighted by Crippen LogP contribution is -2.24. The predicted molar refractivity (Wildman–Crippen MR) is 111 cm³/mol. The molecule has 0 fully saturated rings. The molecule has 0 unspecified atom stereocenters. The Balaban J connectivity index is 1.36. The van der Waals surface area contributed by atoms with Gasteiger partial charge in [0, 0.05) is 18.7 Å². The lowest BCUT2D eigenvalue weighted by atomic mass is 10.1. The van der Waals surface area contributed by atoms with Crippen molar-refractivity contribution in [1.82, 2.24) is 20.1 Å². The first-order chi connectivity index (χ1) is 14.2. The fraction of sp³-hybridized carbons (Fsp3) is 0.286. The van der Waals surface area contributed by atoms with Gasteiger partial charge in [0.2, 0.25) is 12.7 Å². The molecule has 4 rings (SSSR count). The zero-order valence-corrected chi connectivity index (χ0v) is 17.2. The van der Waals surface area contributed by atoms with Crippen molar-refractivity contribution in [2.24, 2.45) is 0 Å². The zero-order chi connectivity index (χ0) is 20.2. The SMILES string of the molecule is CCn1c(SCC(=O)NCc2ccc3c(c2)OCO3)nnc1-c1ccccc1C. The molecule has 1 aromatic heterocycles. The molecule has 0 aliphatic carbocycles. The summed E-state index contributed by atoms with van der Waals surface area (Å²) in [6.45, 7) is 5.52. The van der Waals surface area contributed by atoms with E-state index in [-0.39, 0.29) is 18.5 Å². The van der Waals surface area contributed by atoms with Gasteiger partial charge in [0.05, 0.1) is 5.75 Å². The Morgan fingerprint density at radius 3 is 2.83 bits per heavy atom. The second kappa shape index (κ2) is 8.57. The maximum atomic E-state index is 12.3. The number of carbonyl (C=O) groups excluding carboxylic acids is 1. The van der Waals surface area contributed by atoms with Crippen LogP contribution in [0.1, 0.15) is 18.1 Å². The minimum Gasteiger partial charge on any atom is -0.454 e. The number of nitrogens with one attached hydrogen (secondary N) is 1. The molecule has 1 N–H and O–H groups in total. The summed E-state index contributed by atoms with van der Waals surface area (Å²) in [5.41, 5.74) is 3.17. The first-order valence-electron chi connectivity index (χ1n) is 9.43. The summed E-state index contributed by atoms with van der Waals surface area (Å²) in [4.78, 5) is 12.3. The molecule has 7 nitrogen and oxygen atoms in total. The summed E-state index contributed by atoms with van der Waals surface area (Å²) in [5.74, 6) is 2.49. The van der Waals surface area contributed by atoms with Gasteiger partial charge >= 0.3 is 0 Å². The van der Waals surface area contributed by atoms with Crippen LogP contribution < -0.4 is 14.8 Å². The largest absolute Gasteiger partial charge is 0.454 e. The summed E-state index contributed by atoms with van der Waals surface area (Å²) in [6, 6.07) is 13.8. The van der Waals surface area contributed by atoms with Crippen LogP contribution in [0.2, 0.25) is 0 Å². The monoisotopic (exact) mass is 410 g/mol. The van der Waals surface area contributed by atoms with E-state index in [9.17, 15) is 4.79 Å². The highest BCUT2D eigenvalue weighted by Crippen LogP contribution is 2.32. The van der Waals surface area contributed by atoms with E-state index in [1.807, 2.05) is 41.0 Å². The van der Waals surface area contributed by atoms with Crippen LogP contribution in [0.3, 0.4) is 0 Å². The number of rotatable bonds is 7. The third-order valence-electron chi connectivity index (χ3n) is 4.68. The molecule has 8 heteroatoms. The molecule has 0 radical (unpaired) electrons. The lowest BCUT2D eigenvalue weighted by Gasteiger charge is -2.09. The van der Waals surface area contributed by atoms with Crippen LogP contribution in [0.15, 0.2) is 47.6 Å². The Bertz CT molecular complexity index is 1030. The molecule has 1 aliphatic heterocycles. The average Bonchev–Trinajstić information content (AvgIpc) is 3.37. The first kappa shape index (κ1) is 19.3. The van der Waals surface area contributed by atoms with Gasteiger partial charge in [-0.3, -0.25) is 4.79 Å². The van der Waals surface area contributed by atoms with E-state index in [0.717, 1.165) is 40.0 Å². The van der Waals surface area contributed by atoms with Crippen LogP contribution in [0.25, 0.3) is 11.4 Å². The topological polar surface area (TPSA) is 78.3 Å². The number of hydrogen-bond donors (Lipinski definition) is 1. The average molecular weight is 410 g/mol. The Morgan fingerprint density at radius 1 is 1.17 bits per heavy atom. The summed E-state index contributed by atoms with van der Waals surface area (Å²) < 4.78 is 12.7. The van der Waals surface area contributed by atoms with E-state index in [0.29, 0.717) is 12.3 Å². The molecule has 29 heavy (non-hydrogen) atoms. The van der Waals surface area contributed by atoms with Crippen molar-refractivity contribution in [2.45, 2.75) is 32.1 Å². The number of aryl methyl sites for hydroxylation is 1. The van der Waals surface area contributed by atoms with Crippen LogP contribution in [0.4, 0.5) is 0 Å². The minimum absolute atomic E-state index is 0.0595. The molecular weight excluding hydrogens is 388 g/mol. The highest BCUT2D eigenvalue weighted by Gasteiger charge is 2.16. The number of nitrogens with zero attached hydrogens (tertiary/aromatic N) is 3. The number of fused-ring (bicyclic) bond motifs is 1. The van der Waals surface area contributed by atoms with Crippen LogP contribution in [-0.2, 0) is 17.9 Å².